The molecule has 9 heteroatoms. The van der Waals surface area contributed by atoms with Crippen LogP contribution in [-0.2, 0) is 21.2 Å². The Hall–Kier alpha value is -2.29. The first-order valence-electron chi connectivity index (χ1n) is 7.16. The van der Waals surface area contributed by atoms with Crippen LogP contribution in [0.15, 0.2) is 29.1 Å². The molecule has 1 aromatic heterocycles. The third kappa shape index (κ3) is 3.09. The average molecular weight is 336 g/mol. The molecule has 23 heavy (non-hydrogen) atoms. The Balaban J connectivity index is 1.80. The largest absolute Gasteiger partial charge is 0.340 e. The van der Waals surface area contributed by atoms with Crippen molar-refractivity contribution >= 4 is 26.6 Å². The smallest absolute Gasteiger partial charge is 0.278 e. The van der Waals surface area contributed by atoms with Crippen LogP contribution in [0.5, 0.6) is 0 Å². The van der Waals surface area contributed by atoms with Gasteiger partial charge in [0.2, 0.25) is 5.91 Å². The molecule has 1 aromatic carbocycles. The highest BCUT2D eigenvalue weighted by atomic mass is 32.2. The standard InChI is InChI=1S/C14H16N4O4S/c1-17(10-6-7-23(21,22)9-10)13(19)8-18-14(20)11-4-2-3-5-12(11)15-16-18/h2-5,10H,6-9H2,1H3/t10-/m0/s1. The van der Waals surface area contributed by atoms with Gasteiger partial charge in [0.15, 0.2) is 9.84 Å². The number of sulfone groups is 1. The third-order valence-corrected chi connectivity index (χ3v) is 5.81. The lowest BCUT2D eigenvalue weighted by atomic mass is 10.2. The van der Waals surface area contributed by atoms with Crippen molar-refractivity contribution in [2.24, 2.45) is 0 Å². The van der Waals surface area contributed by atoms with Gasteiger partial charge in [-0.1, -0.05) is 17.3 Å². The highest BCUT2D eigenvalue weighted by molar-refractivity contribution is 7.91. The van der Waals surface area contributed by atoms with Gasteiger partial charge in [-0.2, -0.15) is 0 Å². The van der Waals surface area contributed by atoms with Gasteiger partial charge in [-0.3, -0.25) is 9.59 Å². The molecule has 1 aliphatic rings. The molecule has 1 saturated heterocycles. The maximum Gasteiger partial charge on any atom is 0.278 e. The van der Waals surface area contributed by atoms with Gasteiger partial charge in [-0.15, -0.1) is 5.10 Å². The first-order valence-corrected chi connectivity index (χ1v) is 8.98. The van der Waals surface area contributed by atoms with Crippen LogP contribution in [0.2, 0.25) is 0 Å². The topological polar surface area (TPSA) is 102 Å². The van der Waals surface area contributed by atoms with Gasteiger partial charge >= 0.3 is 0 Å². The van der Waals surface area contributed by atoms with Gasteiger partial charge in [-0.25, -0.2) is 13.1 Å². The number of fused-ring (bicyclic) bond motifs is 1. The minimum Gasteiger partial charge on any atom is -0.340 e. The highest BCUT2D eigenvalue weighted by Crippen LogP contribution is 2.16. The number of carbonyl (C=O) groups excluding carboxylic acids is 1. The van der Waals surface area contributed by atoms with E-state index in [0.717, 1.165) is 4.68 Å². The average Bonchev–Trinajstić information content (AvgIpc) is 2.89. The van der Waals surface area contributed by atoms with Crippen molar-refractivity contribution in [2.75, 3.05) is 18.6 Å². The van der Waals surface area contributed by atoms with Crippen molar-refractivity contribution in [1.29, 1.82) is 0 Å². The van der Waals surface area contributed by atoms with Crippen molar-refractivity contribution in [2.45, 2.75) is 19.0 Å². The van der Waals surface area contributed by atoms with Gasteiger partial charge in [0.1, 0.15) is 12.1 Å². The van der Waals surface area contributed by atoms with E-state index < -0.39 is 15.4 Å². The van der Waals surface area contributed by atoms with Gasteiger partial charge in [0.25, 0.3) is 5.56 Å². The normalized spacial score (nSPS) is 19.8. The number of likely N-dealkylation sites (N-methyl/N-ethyl adjacent to an activating group) is 1. The molecule has 1 aliphatic heterocycles. The van der Waals surface area contributed by atoms with E-state index in [9.17, 15) is 18.0 Å². The summed E-state index contributed by atoms with van der Waals surface area (Å²) >= 11 is 0. The predicted molar refractivity (Wildman–Crippen MR) is 83.6 cm³/mol. The lowest BCUT2D eigenvalue weighted by Crippen LogP contribution is -2.41. The molecule has 0 saturated carbocycles. The molecule has 2 heterocycles. The Labute approximate surface area is 132 Å². The van der Waals surface area contributed by atoms with Crippen LogP contribution in [0.1, 0.15) is 6.42 Å². The van der Waals surface area contributed by atoms with Crippen molar-refractivity contribution in [3.63, 3.8) is 0 Å². The zero-order valence-corrected chi connectivity index (χ0v) is 13.4. The second-order valence-corrected chi connectivity index (χ2v) is 7.86. The van der Waals surface area contributed by atoms with E-state index in [1.807, 2.05) is 0 Å². The van der Waals surface area contributed by atoms with Crippen molar-refractivity contribution < 1.29 is 13.2 Å². The Morgan fingerprint density at radius 1 is 1.39 bits per heavy atom. The quantitative estimate of drug-likeness (QED) is 0.744. The highest BCUT2D eigenvalue weighted by Gasteiger charge is 2.32. The molecule has 1 amide bonds. The fourth-order valence-corrected chi connectivity index (χ4v) is 4.43. The Morgan fingerprint density at radius 3 is 2.83 bits per heavy atom. The van der Waals surface area contributed by atoms with Crippen molar-refractivity contribution in [3.05, 3.63) is 34.6 Å². The number of aromatic nitrogens is 3. The number of nitrogens with zero attached hydrogens (tertiary/aromatic N) is 4. The number of benzene rings is 1. The van der Waals surface area contributed by atoms with E-state index in [0.29, 0.717) is 17.3 Å². The summed E-state index contributed by atoms with van der Waals surface area (Å²) in [7, 11) is -1.53. The van der Waals surface area contributed by atoms with Crippen molar-refractivity contribution in [1.82, 2.24) is 19.9 Å². The number of carbonyl (C=O) groups is 1. The number of amides is 1. The molecule has 0 aliphatic carbocycles. The molecule has 0 radical (unpaired) electrons. The molecule has 3 rings (SSSR count). The third-order valence-electron chi connectivity index (χ3n) is 4.06. The van der Waals surface area contributed by atoms with Gasteiger partial charge in [0, 0.05) is 13.1 Å². The van der Waals surface area contributed by atoms with Crippen LogP contribution < -0.4 is 5.56 Å². The zero-order chi connectivity index (χ0) is 16.6. The maximum atomic E-state index is 12.3. The molecule has 122 valence electrons. The molecule has 2 aromatic rings. The van der Waals surface area contributed by atoms with Gasteiger partial charge in [0.05, 0.1) is 16.9 Å². The fraction of sp³-hybridized carbons (Fsp3) is 0.429. The van der Waals surface area contributed by atoms with Gasteiger partial charge in [-0.05, 0) is 18.6 Å². The van der Waals surface area contributed by atoms with Crippen LogP contribution in [0.3, 0.4) is 0 Å². The number of hydrogen-bond donors (Lipinski definition) is 0. The lowest BCUT2D eigenvalue weighted by Gasteiger charge is -2.23. The summed E-state index contributed by atoms with van der Waals surface area (Å²) in [4.78, 5) is 26.0. The first kappa shape index (κ1) is 15.6. The Kier molecular flexibility index (Phi) is 3.88. The van der Waals surface area contributed by atoms with Crippen LogP contribution in [-0.4, -0.2) is 58.8 Å². The lowest BCUT2D eigenvalue weighted by molar-refractivity contribution is -0.132. The summed E-state index contributed by atoms with van der Waals surface area (Å²) in [5.74, 6) is -0.308. The summed E-state index contributed by atoms with van der Waals surface area (Å²) in [6, 6.07) is 6.41. The van der Waals surface area contributed by atoms with E-state index in [1.165, 1.54) is 4.90 Å². The first-order chi connectivity index (χ1) is 10.9. The van der Waals surface area contributed by atoms with Crippen LogP contribution in [0, 0.1) is 0 Å². The van der Waals surface area contributed by atoms with E-state index in [2.05, 4.69) is 10.3 Å². The zero-order valence-electron chi connectivity index (χ0n) is 12.5. The molecule has 8 nitrogen and oxygen atoms in total. The van der Waals surface area contributed by atoms with Crippen LogP contribution in [0.4, 0.5) is 0 Å². The molecule has 0 spiro atoms. The molecular weight excluding hydrogens is 320 g/mol. The van der Waals surface area contributed by atoms with E-state index in [4.69, 9.17) is 0 Å². The second-order valence-electron chi connectivity index (χ2n) is 5.63. The molecule has 0 N–H and O–H groups in total. The van der Waals surface area contributed by atoms with Crippen LogP contribution in [0.25, 0.3) is 10.9 Å². The van der Waals surface area contributed by atoms with Gasteiger partial charge < -0.3 is 4.90 Å². The predicted octanol–water partition coefficient (Wildman–Crippen LogP) is -0.563. The monoisotopic (exact) mass is 336 g/mol. The van der Waals surface area contributed by atoms with E-state index in [1.54, 1.807) is 31.3 Å². The number of rotatable bonds is 3. The second kappa shape index (κ2) is 5.73. The maximum absolute atomic E-state index is 12.3. The SMILES string of the molecule is CN(C(=O)Cn1nnc2ccccc2c1=O)[C@H]1CCS(=O)(=O)C1. The molecule has 0 unspecified atom stereocenters. The Bertz CT molecular complexity index is 922. The molecule has 0 bridgehead atoms. The van der Waals surface area contributed by atoms with E-state index >= 15 is 0 Å². The summed E-state index contributed by atoms with van der Waals surface area (Å²) in [6.45, 7) is -0.260. The summed E-state index contributed by atoms with van der Waals surface area (Å²) in [5.41, 5.74) is 0.0767. The summed E-state index contributed by atoms with van der Waals surface area (Å²) in [6.07, 6.45) is 0.420. The molecule has 1 atom stereocenters. The molecule has 1 fully saturated rings. The molecular formula is C14H16N4O4S. The summed E-state index contributed by atoms with van der Waals surface area (Å²) in [5, 5.41) is 8.08. The fourth-order valence-electron chi connectivity index (χ4n) is 2.65. The van der Waals surface area contributed by atoms with Crippen molar-refractivity contribution in [3.8, 4) is 0 Å². The number of hydrogen-bond acceptors (Lipinski definition) is 6. The Morgan fingerprint density at radius 2 is 2.13 bits per heavy atom. The van der Waals surface area contributed by atoms with Crippen LogP contribution >= 0.6 is 0 Å². The minimum absolute atomic E-state index is 0.0342. The minimum atomic E-state index is -3.07. The summed E-state index contributed by atoms with van der Waals surface area (Å²) < 4.78 is 24.0. The van der Waals surface area contributed by atoms with E-state index in [-0.39, 0.29) is 30.0 Å².